The van der Waals surface area contributed by atoms with Crippen LogP contribution in [0.4, 0.5) is 0 Å². The van der Waals surface area contributed by atoms with Gasteiger partial charge in [-0.3, -0.25) is 9.79 Å². The second kappa shape index (κ2) is 14.0. The highest BCUT2D eigenvalue weighted by molar-refractivity contribution is 6.14. The predicted molar refractivity (Wildman–Crippen MR) is 174 cm³/mol. The first-order chi connectivity index (χ1) is 21.4. The quantitative estimate of drug-likeness (QED) is 0.350. The van der Waals surface area contributed by atoms with E-state index in [1.807, 2.05) is 106 Å². The molecule has 0 unspecified atom stereocenters. The van der Waals surface area contributed by atoms with Crippen LogP contribution in [0.2, 0.25) is 0 Å². The molecule has 3 aliphatic rings. The van der Waals surface area contributed by atoms with E-state index in [-0.39, 0.29) is 11.8 Å². The molecular weight excluding hydrogens is 548 g/mol. The molecule has 44 heavy (non-hydrogen) atoms. The van der Waals surface area contributed by atoms with Crippen molar-refractivity contribution in [2.45, 2.75) is 46.1 Å². The van der Waals surface area contributed by atoms with Crippen molar-refractivity contribution in [3.05, 3.63) is 126 Å². The van der Waals surface area contributed by atoms with Gasteiger partial charge in [-0.15, -0.1) is 0 Å². The zero-order valence-corrected chi connectivity index (χ0v) is 26.0. The van der Waals surface area contributed by atoms with Crippen LogP contribution >= 0.6 is 0 Å². The van der Waals surface area contributed by atoms with E-state index in [2.05, 4.69) is 48.1 Å². The molecule has 2 heterocycles. The van der Waals surface area contributed by atoms with Gasteiger partial charge < -0.3 is 14.9 Å². The summed E-state index contributed by atoms with van der Waals surface area (Å²) in [7, 11) is 3.75. The summed E-state index contributed by atoms with van der Waals surface area (Å²) in [5.41, 5.74) is 3.35. The topological polar surface area (TPSA) is 80.1 Å². The minimum atomic E-state index is -0.246. The molecule has 226 valence electrons. The highest BCUT2D eigenvalue weighted by Gasteiger charge is 2.23. The molecule has 1 amide bonds. The molecule has 0 N–H and O–H groups in total. The first kappa shape index (κ1) is 30.5. The fraction of sp³-hybridized carbons (Fsp3) is 0.278. The molecule has 0 atom stereocenters. The smallest absolute Gasteiger partial charge is 0.360 e. The molecule has 0 saturated heterocycles. The molecule has 8 nitrogen and oxygen atoms in total. The number of carbonyl (C=O) groups excluding carboxylic acids is 1. The van der Waals surface area contributed by atoms with Gasteiger partial charge in [0.1, 0.15) is 18.2 Å². The SMILES string of the molecule is CCCCN1C=CN(C)C1=C([O-])N=C1C=CC(=c2ccc(=C3C=CC(=NC(=O)c4n(CCCC)cc[n+]4C)C=C3)cc2)C=C1. The van der Waals surface area contributed by atoms with Crippen molar-refractivity contribution in [2.75, 3.05) is 13.6 Å². The predicted octanol–water partition coefficient (Wildman–Crippen LogP) is 3.39. The number of aliphatic imine (C=N–C) groups is 2. The molecule has 0 radical (unpaired) electrons. The Morgan fingerprint density at radius 3 is 1.91 bits per heavy atom. The lowest BCUT2D eigenvalue weighted by molar-refractivity contribution is -0.673. The molecule has 5 rings (SSSR count). The maximum absolute atomic E-state index is 13.0. The number of amides is 1. The van der Waals surface area contributed by atoms with Crippen molar-refractivity contribution >= 4 is 28.5 Å². The van der Waals surface area contributed by atoms with Crippen LogP contribution in [0.25, 0.3) is 11.1 Å². The van der Waals surface area contributed by atoms with E-state index in [0.717, 1.165) is 60.4 Å². The Morgan fingerprint density at radius 2 is 1.34 bits per heavy atom. The zero-order chi connectivity index (χ0) is 31.1. The third-order valence-electron chi connectivity index (χ3n) is 7.79. The van der Waals surface area contributed by atoms with Gasteiger partial charge in [0.25, 0.3) is 0 Å². The monoisotopic (exact) mass is 588 g/mol. The Hall–Kier alpha value is -4.98. The highest BCUT2D eigenvalue weighted by Crippen LogP contribution is 2.21. The van der Waals surface area contributed by atoms with Crippen LogP contribution in [-0.2, 0) is 13.6 Å². The van der Waals surface area contributed by atoms with Crippen molar-refractivity contribution < 1.29 is 14.5 Å². The first-order valence-electron chi connectivity index (χ1n) is 15.3. The summed E-state index contributed by atoms with van der Waals surface area (Å²) in [5.74, 6) is 0.671. The van der Waals surface area contributed by atoms with E-state index >= 15 is 0 Å². The zero-order valence-electron chi connectivity index (χ0n) is 26.0. The number of benzene rings is 1. The van der Waals surface area contributed by atoms with Crippen LogP contribution in [0.15, 0.2) is 119 Å². The number of allylic oxidation sites excluding steroid dienone is 8. The molecule has 2 aliphatic carbocycles. The fourth-order valence-electron chi connectivity index (χ4n) is 5.26. The van der Waals surface area contributed by atoms with Gasteiger partial charge >= 0.3 is 11.7 Å². The van der Waals surface area contributed by atoms with E-state index in [1.165, 1.54) is 0 Å². The third-order valence-corrected chi connectivity index (χ3v) is 7.79. The Labute approximate surface area is 259 Å². The minimum absolute atomic E-state index is 0.246. The van der Waals surface area contributed by atoms with Crippen molar-refractivity contribution in [1.29, 1.82) is 0 Å². The lowest BCUT2D eigenvalue weighted by Crippen LogP contribution is -2.35. The lowest BCUT2D eigenvalue weighted by Gasteiger charge is -2.26. The molecule has 0 bridgehead atoms. The van der Waals surface area contributed by atoms with Gasteiger partial charge in [0.2, 0.25) is 0 Å². The van der Waals surface area contributed by atoms with E-state index in [0.29, 0.717) is 23.1 Å². The summed E-state index contributed by atoms with van der Waals surface area (Å²) in [6, 6.07) is 8.33. The summed E-state index contributed by atoms with van der Waals surface area (Å²) < 4.78 is 3.80. The summed E-state index contributed by atoms with van der Waals surface area (Å²) in [6.07, 6.45) is 27.3. The fourth-order valence-corrected chi connectivity index (χ4v) is 5.26. The van der Waals surface area contributed by atoms with E-state index in [9.17, 15) is 9.90 Å². The molecule has 8 heteroatoms. The van der Waals surface area contributed by atoms with Gasteiger partial charge in [0.15, 0.2) is 0 Å². The van der Waals surface area contributed by atoms with E-state index < -0.39 is 0 Å². The van der Waals surface area contributed by atoms with Crippen LogP contribution in [0.5, 0.6) is 0 Å². The summed E-state index contributed by atoms with van der Waals surface area (Å²) >= 11 is 0. The molecule has 2 aromatic rings. The third kappa shape index (κ3) is 6.97. The number of nitrogens with zero attached hydrogens (tertiary/aromatic N) is 6. The molecule has 1 aromatic heterocycles. The number of aromatic nitrogens is 2. The van der Waals surface area contributed by atoms with Gasteiger partial charge in [-0.2, -0.15) is 0 Å². The molecule has 0 fully saturated rings. The average Bonchev–Trinajstić information content (AvgIpc) is 3.61. The van der Waals surface area contributed by atoms with Gasteiger partial charge in [0, 0.05) is 31.9 Å². The number of hydrogen-bond acceptors (Lipinski definition) is 5. The maximum atomic E-state index is 13.0. The number of unbranched alkanes of at least 4 members (excludes halogenated alkanes) is 2. The molecule has 1 aromatic carbocycles. The lowest BCUT2D eigenvalue weighted by atomic mass is 10.0. The minimum Gasteiger partial charge on any atom is -0.856 e. The Kier molecular flexibility index (Phi) is 9.69. The largest absolute Gasteiger partial charge is 0.856 e. The van der Waals surface area contributed by atoms with Gasteiger partial charge in [-0.05, 0) is 58.7 Å². The highest BCUT2D eigenvalue weighted by atomic mass is 16.3. The van der Waals surface area contributed by atoms with Crippen LogP contribution in [0, 0.1) is 0 Å². The second-order valence-electron chi connectivity index (χ2n) is 11.1. The Bertz CT molecular complexity index is 1740. The van der Waals surface area contributed by atoms with Crippen LogP contribution in [0.3, 0.4) is 0 Å². The Morgan fingerprint density at radius 1 is 0.795 bits per heavy atom. The first-order valence-corrected chi connectivity index (χ1v) is 15.3. The number of carbonyl (C=O) groups is 1. The summed E-state index contributed by atoms with van der Waals surface area (Å²) in [5, 5.41) is 15.1. The number of aryl methyl sites for hydroxylation is 2. The summed E-state index contributed by atoms with van der Waals surface area (Å²) in [4.78, 5) is 25.5. The standard InChI is InChI=1S/C36H40N6O2/c1-5-7-21-41-25-23-39(3)35(41)33(43)37-31-17-13-29(14-18-31)27-9-11-28(12-10-27)30-15-19-32(20-16-30)38-34(44)36-40(4)24-26-42(36)22-8-6-2/h9-20,23-26H,5-8,21-22H2,1-4H3. The van der Waals surface area contributed by atoms with Crippen LogP contribution in [0.1, 0.15) is 50.1 Å². The van der Waals surface area contributed by atoms with Crippen molar-refractivity contribution in [3.8, 4) is 0 Å². The van der Waals surface area contributed by atoms with Crippen LogP contribution in [-0.4, -0.2) is 45.3 Å². The van der Waals surface area contributed by atoms with E-state index in [1.54, 1.807) is 0 Å². The maximum Gasteiger partial charge on any atom is 0.360 e. The average molecular weight is 589 g/mol. The van der Waals surface area contributed by atoms with Gasteiger partial charge in [0.05, 0.1) is 25.0 Å². The van der Waals surface area contributed by atoms with E-state index in [4.69, 9.17) is 0 Å². The van der Waals surface area contributed by atoms with Gasteiger partial charge in [-0.25, -0.2) is 14.1 Å². The van der Waals surface area contributed by atoms with Gasteiger partial charge in [-0.1, -0.05) is 75.3 Å². The number of imidazole rings is 1. The van der Waals surface area contributed by atoms with Crippen LogP contribution < -0.4 is 20.1 Å². The molecule has 1 aliphatic heterocycles. The Balaban J connectivity index is 1.29. The number of rotatable bonds is 8. The molecule has 0 spiro atoms. The number of hydrogen-bond donors (Lipinski definition) is 0. The molecular formula is C36H40N6O2. The summed E-state index contributed by atoms with van der Waals surface area (Å²) in [6.45, 7) is 5.88. The van der Waals surface area contributed by atoms with Crippen molar-refractivity contribution in [2.24, 2.45) is 17.0 Å². The van der Waals surface area contributed by atoms with Crippen molar-refractivity contribution in [3.63, 3.8) is 0 Å². The molecule has 0 saturated carbocycles. The second-order valence-corrected chi connectivity index (χ2v) is 11.1. The normalized spacial score (nSPS) is 16.9. The van der Waals surface area contributed by atoms with Crippen molar-refractivity contribution in [1.82, 2.24) is 14.4 Å².